The molecule has 0 radical (unpaired) electrons. The van der Waals surface area contributed by atoms with E-state index in [1.54, 1.807) is 0 Å². The summed E-state index contributed by atoms with van der Waals surface area (Å²) in [5.74, 6) is 2.00. The van der Waals surface area contributed by atoms with Crippen molar-refractivity contribution in [3.05, 3.63) is 71.8 Å². The van der Waals surface area contributed by atoms with Crippen LogP contribution in [0.25, 0.3) is 0 Å². The minimum absolute atomic E-state index is 0.0567. The number of nitrogens with one attached hydrogen (secondary N) is 3. The Hall–Kier alpha value is -2.70. The largest absolute Gasteiger partial charge is 0.353 e. The van der Waals surface area contributed by atoms with Gasteiger partial charge in [0.2, 0.25) is 11.8 Å². The summed E-state index contributed by atoms with van der Waals surface area (Å²) in [4.78, 5) is 29.3. The maximum absolute atomic E-state index is 14.8. The number of piperidine rings is 1. The summed E-state index contributed by atoms with van der Waals surface area (Å²) in [5.41, 5.74) is 9.87. The monoisotopic (exact) mass is 745 g/mol. The van der Waals surface area contributed by atoms with Crippen molar-refractivity contribution in [2.45, 2.75) is 171 Å². The van der Waals surface area contributed by atoms with Gasteiger partial charge in [-0.05, 0) is 185 Å². The van der Waals surface area contributed by atoms with E-state index in [1.165, 1.54) is 42.4 Å². The van der Waals surface area contributed by atoms with E-state index < -0.39 is 5.41 Å². The number of hydrogen-bond acceptors (Lipinski definition) is 4. The van der Waals surface area contributed by atoms with Crippen molar-refractivity contribution in [3.8, 4) is 0 Å². The quantitative estimate of drug-likeness (QED) is 0.191. The molecule has 1 aliphatic heterocycles. The van der Waals surface area contributed by atoms with Crippen LogP contribution in [-0.4, -0.2) is 42.5 Å². The Labute approximate surface area is 330 Å². The lowest BCUT2D eigenvalue weighted by molar-refractivity contribution is -0.174. The fraction of sp³-hybridized carbons (Fsp3) is 0.714. The number of nitrogens with two attached hydrogens (primary N) is 1. The van der Waals surface area contributed by atoms with Crippen LogP contribution in [0.4, 0.5) is 0 Å². The average Bonchev–Trinajstić information content (AvgIpc) is 3.75. The Balaban J connectivity index is 0.968. The summed E-state index contributed by atoms with van der Waals surface area (Å²) >= 11 is 0. The smallest absolute Gasteiger partial charge is 0.226 e. The number of carbonyl (C=O) groups excluding carboxylic acids is 2. The zero-order valence-electron chi connectivity index (χ0n) is 34.1. The molecule has 7 unspecified atom stereocenters. The van der Waals surface area contributed by atoms with Gasteiger partial charge in [-0.1, -0.05) is 69.0 Å². The number of carbonyl (C=O) groups is 2. The molecule has 11 fully saturated rings. The van der Waals surface area contributed by atoms with Gasteiger partial charge in [0, 0.05) is 24.2 Å². The van der Waals surface area contributed by atoms with Crippen molar-refractivity contribution in [2.24, 2.45) is 44.6 Å². The first-order valence-electron chi connectivity index (χ1n) is 22.4. The Kier molecular flexibility index (Phi) is 8.26. The molecule has 0 aromatic heterocycles. The molecule has 11 aliphatic rings. The number of hydrogen-bond donors (Lipinski definition) is 4. The SMILES string of the molecule is C=C(/C=C\C=C/C)[C@@]12CC3(C(=O)N[C@H]4CC[C@@H](N)CC4)CC(c4ccc([C@]56CC7CC(C(=O)NC8CC9CNC8C9)(C[C@](C)(C7)C5)C6)cc4)(C[C@@](C)(C3)C1)C2. The highest BCUT2D eigenvalue weighted by molar-refractivity contribution is 5.85. The van der Waals surface area contributed by atoms with E-state index in [4.69, 9.17) is 12.3 Å². The fourth-order valence-corrected chi connectivity index (χ4v) is 17.1. The van der Waals surface area contributed by atoms with Gasteiger partial charge in [0.25, 0.3) is 0 Å². The molecule has 6 nitrogen and oxygen atoms in total. The fourth-order valence-electron chi connectivity index (χ4n) is 17.1. The second-order valence-electron chi connectivity index (χ2n) is 22.6. The zero-order chi connectivity index (χ0) is 38.1. The summed E-state index contributed by atoms with van der Waals surface area (Å²) in [7, 11) is 0. The van der Waals surface area contributed by atoms with Gasteiger partial charge in [-0.15, -0.1) is 0 Å². The number of allylic oxidation sites excluding steroid dienone is 5. The molecule has 10 bridgehead atoms. The van der Waals surface area contributed by atoms with Crippen LogP contribution >= 0.6 is 0 Å². The van der Waals surface area contributed by atoms with Crippen LogP contribution in [0, 0.1) is 38.9 Å². The minimum atomic E-state index is -0.401. The molecule has 6 heteroatoms. The topological polar surface area (TPSA) is 96.2 Å². The molecule has 12 rings (SSSR count). The molecule has 10 aliphatic carbocycles. The van der Waals surface area contributed by atoms with Gasteiger partial charge in [-0.3, -0.25) is 9.59 Å². The molecule has 55 heavy (non-hydrogen) atoms. The minimum Gasteiger partial charge on any atom is -0.353 e. The molecule has 1 aromatic rings. The van der Waals surface area contributed by atoms with E-state index in [9.17, 15) is 9.59 Å². The molecule has 1 saturated heterocycles. The molecule has 1 aromatic carbocycles. The van der Waals surface area contributed by atoms with Crippen LogP contribution in [0.3, 0.4) is 0 Å². The van der Waals surface area contributed by atoms with Crippen LogP contribution in [0.15, 0.2) is 60.7 Å². The van der Waals surface area contributed by atoms with Gasteiger partial charge < -0.3 is 21.7 Å². The Morgan fingerprint density at radius 2 is 1.38 bits per heavy atom. The molecule has 2 amide bonds. The number of fused-ring (bicyclic) bond motifs is 2. The predicted octanol–water partition coefficient (Wildman–Crippen LogP) is 8.45. The highest BCUT2D eigenvalue weighted by Gasteiger charge is 2.70. The maximum Gasteiger partial charge on any atom is 0.226 e. The molecule has 10 saturated carbocycles. The molecular formula is C49H68N4O2. The van der Waals surface area contributed by atoms with Crippen LogP contribution in [0.1, 0.15) is 147 Å². The third kappa shape index (κ3) is 5.83. The van der Waals surface area contributed by atoms with Crippen molar-refractivity contribution in [1.82, 2.24) is 16.0 Å². The van der Waals surface area contributed by atoms with Crippen LogP contribution in [0.2, 0.25) is 0 Å². The van der Waals surface area contributed by atoms with Crippen LogP contribution < -0.4 is 21.7 Å². The van der Waals surface area contributed by atoms with Gasteiger partial charge in [-0.2, -0.15) is 0 Å². The lowest BCUT2D eigenvalue weighted by atomic mass is 9.33. The first-order chi connectivity index (χ1) is 26.2. The summed E-state index contributed by atoms with van der Waals surface area (Å²) in [6, 6.07) is 11.2. The van der Waals surface area contributed by atoms with Gasteiger partial charge in [-0.25, -0.2) is 0 Å². The normalized spacial score (nSPS) is 48.9. The van der Waals surface area contributed by atoms with Gasteiger partial charge in [0.1, 0.15) is 0 Å². The van der Waals surface area contributed by atoms with Crippen molar-refractivity contribution in [1.29, 1.82) is 0 Å². The molecule has 296 valence electrons. The first kappa shape index (κ1) is 36.6. The molecular weight excluding hydrogens is 677 g/mol. The predicted molar refractivity (Wildman–Crippen MR) is 220 cm³/mol. The Morgan fingerprint density at radius 3 is 2.07 bits per heavy atom. The molecule has 11 atom stereocenters. The van der Waals surface area contributed by atoms with Gasteiger partial charge in [0.15, 0.2) is 0 Å². The molecule has 1 heterocycles. The summed E-state index contributed by atoms with van der Waals surface area (Å²) in [6.07, 6.45) is 27.8. The first-order valence-corrected chi connectivity index (χ1v) is 22.4. The highest BCUT2D eigenvalue weighted by atomic mass is 16.2. The van der Waals surface area contributed by atoms with E-state index >= 15 is 0 Å². The number of benzene rings is 1. The maximum atomic E-state index is 14.8. The lowest BCUT2D eigenvalue weighted by Gasteiger charge is -2.70. The summed E-state index contributed by atoms with van der Waals surface area (Å²) in [5, 5.41) is 11.0. The van der Waals surface area contributed by atoms with Crippen LogP contribution in [-0.2, 0) is 20.4 Å². The van der Waals surface area contributed by atoms with Crippen molar-refractivity contribution in [3.63, 3.8) is 0 Å². The number of amides is 2. The third-order valence-electron chi connectivity index (χ3n) is 17.8. The zero-order valence-corrected chi connectivity index (χ0v) is 34.1. The highest BCUT2D eigenvalue weighted by Crippen LogP contribution is 2.76. The van der Waals surface area contributed by atoms with E-state index in [0.29, 0.717) is 29.8 Å². The van der Waals surface area contributed by atoms with Crippen molar-refractivity contribution < 1.29 is 9.59 Å². The average molecular weight is 745 g/mol. The summed E-state index contributed by atoms with van der Waals surface area (Å²) < 4.78 is 0. The van der Waals surface area contributed by atoms with E-state index in [0.717, 1.165) is 102 Å². The van der Waals surface area contributed by atoms with Crippen molar-refractivity contribution in [2.75, 3.05) is 6.54 Å². The van der Waals surface area contributed by atoms with E-state index in [1.807, 2.05) is 0 Å². The molecule has 5 N–H and O–H groups in total. The van der Waals surface area contributed by atoms with Gasteiger partial charge >= 0.3 is 0 Å². The lowest BCUT2D eigenvalue weighted by Crippen LogP contribution is -2.66. The second-order valence-corrected chi connectivity index (χ2v) is 22.6. The number of rotatable bonds is 9. The molecule has 0 spiro atoms. The Bertz CT molecular complexity index is 1830. The van der Waals surface area contributed by atoms with E-state index in [2.05, 4.69) is 85.3 Å². The standard InChI is InChI=1S/C49H68N4O2/c1-5-6-7-8-32(2)47-25-44(4)26-48(29-47,31-49(27-44,30-47)42(55)52-38-15-13-37(50)14-16-38)36-11-9-35(10-12-36)45-20-34-19-43(3,23-45)24-46(21-34,28-45)41(54)53-40-18-33-17-39(40)51-22-33/h5-12,33-34,37-40,51H,2,13-31,50H2,1,3-4H3,(H,52,55)(H,53,54)/b6-5-,8-7-/t33?,34?,37-,38+,39?,40?,43-,44+,45-,46?,47+,48?,49?/m1/s1. The Morgan fingerprint density at radius 1 is 0.727 bits per heavy atom. The summed E-state index contributed by atoms with van der Waals surface area (Å²) in [6.45, 7) is 12.9. The van der Waals surface area contributed by atoms with Crippen molar-refractivity contribution >= 4 is 11.8 Å². The van der Waals surface area contributed by atoms with Crippen LogP contribution in [0.5, 0.6) is 0 Å². The van der Waals surface area contributed by atoms with E-state index in [-0.39, 0.29) is 44.6 Å². The second kappa shape index (κ2) is 12.4. The van der Waals surface area contributed by atoms with Gasteiger partial charge in [0.05, 0.1) is 10.8 Å². The third-order valence-corrected chi connectivity index (χ3v) is 17.8.